The van der Waals surface area contributed by atoms with E-state index < -0.39 is 0 Å². The maximum atomic E-state index is 12.5. The lowest BCUT2D eigenvalue weighted by Gasteiger charge is -2.42. The highest BCUT2D eigenvalue weighted by Crippen LogP contribution is 2.24. The van der Waals surface area contributed by atoms with E-state index in [4.69, 9.17) is 4.74 Å². The maximum absolute atomic E-state index is 12.5. The molecule has 3 rings (SSSR count). The lowest BCUT2D eigenvalue weighted by atomic mass is 9.93. The third-order valence-corrected chi connectivity index (χ3v) is 5.82. The first kappa shape index (κ1) is 20.8. The molecule has 2 fully saturated rings. The molecular formula is C20H33N5O3. The van der Waals surface area contributed by atoms with Gasteiger partial charge >= 0.3 is 0 Å². The number of aromatic nitrogens is 2. The first-order valence-electron chi connectivity index (χ1n) is 10.3. The summed E-state index contributed by atoms with van der Waals surface area (Å²) in [6.45, 7) is 6.84. The van der Waals surface area contributed by atoms with Crippen LogP contribution in [0.1, 0.15) is 31.2 Å². The van der Waals surface area contributed by atoms with Crippen LogP contribution in [0.5, 0.6) is 0 Å². The molecule has 0 spiro atoms. The van der Waals surface area contributed by atoms with E-state index in [1.165, 1.54) is 0 Å². The van der Waals surface area contributed by atoms with Crippen LogP contribution in [0, 0.1) is 12.8 Å². The van der Waals surface area contributed by atoms with Crippen molar-refractivity contribution in [2.45, 2.75) is 45.2 Å². The topological polar surface area (TPSA) is 79.7 Å². The molecule has 8 heteroatoms. The first-order chi connectivity index (χ1) is 13.6. The van der Waals surface area contributed by atoms with Gasteiger partial charge in [0.25, 0.3) is 0 Å². The molecule has 156 valence electrons. The van der Waals surface area contributed by atoms with Crippen LogP contribution in [0.15, 0.2) is 12.4 Å². The fourth-order valence-corrected chi connectivity index (χ4v) is 4.25. The van der Waals surface area contributed by atoms with Gasteiger partial charge in [-0.2, -0.15) is 5.10 Å². The largest absolute Gasteiger partial charge is 0.383 e. The van der Waals surface area contributed by atoms with Crippen LogP contribution in [0.4, 0.5) is 0 Å². The van der Waals surface area contributed by atoms with Gasteiger partial charge in [0, 0.05) is 45.5 Å². The number of ether oxygens (including phenoxy) is 1. The summed E-state index contributed by atoms with van der Waals surface area (Å²) < 4.78 is 6.71. The fourth-order valence-electron chi connectivity index (χ4n) is 4.25. The van der Waals surface area contributed by atoms with E-state index in [-0.39, 0.29) is 17.7 Å². The highest BCUT2D eigenvalue weighted by molar-refractivity contribution is 5.79. The quantitative estimate of drug-likeness (QED) is 0.691. The summed E-state index contributed by atoms with van der Waals surface area (Å²) in [5.74, 6) is 0.341. The predicted molar refractivity (Wildman–Crippen MR) is 106 cm³/mol. The second-order valence-electron chi connectivity index (χ2n) is 7.95. The molecule has 0 radical (unpaired) electrons. The number of likely N-dealkylation sites (tertiary alicyclic amines) is 2. The summed E-state index contributed by atoms with van der Waals surface area (Å²) in [6.07, 6.45) is 7.63. The van der Waals surface area contributed by atoms with Gasteiger partial charge in [-0.25, -0.2) is 0 Å². The molecule has 2 aliphatic rings. The number of hydrogen-bond acceptors (Lipinski definition) is 5. The number of hydrogen-bond donors (Lipinski definition) is 1. The number of piperidine rings is 2. The van der Waals surface area contributed by atoms with E-state index in [0.717, 1.165) is 57.4 Å². The van der Waals surface area contributed by atoms with E-state index in [1.54, 1.807) is 18.0 Å². The molecule has 1 atom stereocenters. The minimum absolute atomic E-state index is 0.0633. The standard InChI is InChI=1S/C20H33N5O3/c1-16-12-22-25(13-16)15-19(26)23-9-5-18(6-10-23)24-8-3-4-17(14-24)20(27)21-7-11-28-2/h12-13,17-18H,3-11,14-15H2,1-2H3,(H,21,27)/t17-/m1/s1. The van der Waals surface area contributed by atoms with Crippen LogP contribution in [0.3, 0.4) is 0 Å². The molecule has 2 amide bonds. The molecule has 0 unspecified atom stereocenters. The zero-order valence-corrected chi connectivity index (χ0v) is 17.1. The third kappa shape index (κ3) is 5.54. The number of carbonyl (C=O) groups is 2. The number of carbonyl (C=O) groups excluding carboxylic acids is 2. The lowest BCUT2D eigenvalue weighted by molar-refractivity contribution is -0.133. The van der Waals surface area contributed by atoms with E-state index in [1.807, 2.05) is 18.0 Å². The summed E-state index contributed by atoms with van der Waals surface area (Å²) >= 11 is 0. The molecule has 3 heterocycles. The highest BCUT2D eigenvalue weighted by atomic mass is 16.5. The van der Waals surface area contributed by atoms with Crippen molar-refractivity contribution in [2.24, 2.45) is 5.92 Å². The van der Waals surface area contributed by atoms with Crippen LogP contribution in [-0.2, 0) is 20.9 Å². The molecule has 2 aliphatic heterocycles. The maximum Gasteiger partial charge on any atom is 0.244 e. The molecule has 8 nitrogen and oxygen atoms in total. The molecule has 0 aliphatic carbocycles. The smallest absolute Gasteiger partial charge is 0.244 e. The summed E-state index contributed by atoms with van der Waals surface area (Å²) in [7, 11) is 1.64. The minimum atomic E-state index is 0.0633. The highest BCUT2D eigenvalue weighted by Gasteiger charge is 2.32. The summed E-state index contributed by atoms with van der Waals surface area (Å²) in [5, 5.41) is 7.18. The number of methoxy groups -OCH3 is 1. The summed E-state index contributed by atoms with van der Waals surface area (Å²) in [6, 6.07) is 0.463. The molecule has 0 bridgehead atoms. The molecule has 28 heavy (non-hydrogen) atoms. The molecule has 2 saturated heterocycles. The Balaban J connectivity index is 1.43. The summed E-state index contributed by atoms with van der Waals surface area (Å²) in [5.41, 5.74) is 1.07. The van der Waals surface area contributed by atoms with Crippen molar-refractivity contribution in [2.75, 3.05) is 46.4 Å². The van der Waals surface area contributed by atoms with Gasteiger partial charge in [-0.15, -0.1) is 0 Å². The van der Waals surface area contributed by atoms with Gasteiger partial charge in [-0.05, 0) is 44.7 Å². The van der Waals surface area contributed by atoms with Crippen molar-refractivity contribution in [3.8, 4) is 0 Å². The Morgan fingerprint density at radius 1 is 1.25 bits per heavy atom. The van der Waals surface area contributed by atoms with Crippen molar-refractivity contribution < 1.29 is 14.3 Å². The number of nitrogens with zero attached hydrogens (tertiary/aromatic N) is 4. The fraction of sp³-hybridized carbons (Fsp3) is 0.750. The molecule has 0 saturated carbocycles. The minimum Gasteiger partial charge on any atom is -0.383 e. The monoisotopic (exact) mass is 391 g/mol. The lowest BCUT2D eigenvalue weighted by Crippen LogP contribution is -2.52. The van der Waals surface area contributed by atoms with Crippen molar-refractivity contribution in [3.63, 3.8) is 0 Å². The third-order valence-electron chi connectivity index (χ3n) is 5.82. The first-order valence-corrected chi connectivity index (χ1v) is 10.3. The number of amides is 2. The normalized spacial score (nSPS) is 21.6. The van der Waals surface area contributed by atoms with Crippen molar-refractivity contribution in [3.05, 3.63) is 18.0 Å². The molecule has 1 N–H and O–H groups in total. The van der Waals surface area contributed by atoms with Gasteiger partial charge in [0.15, 0.2) is 0 Å². The van der Waals surface area contributed by atoms with E-state index in [9.17, 15) is 9.59 Å². The van der Waals surface area contributed by atoms with Crippen LogP contribution in [-0.4, -0.2) is 83.9 Å². The molecule has 0 aromatic carbocycles. The van der Waals surface area contributed by atoms with E-state index in [0.29, 0.717) is 25.7 Å². The zero-order chi connectivity index (χ0) is 19.9. The Morgan fingerprint density at radius 3 is 2.71 bits per heavy atom. The predicted octanol–water partition coefficient (Wildman–Crippen LogP) is 0.657. The average Bonchev–Trinajstić information content (AvgIpc) is 3.13. The van der Waals surface area contributed by atoms with Crippen molar-refractivity contribution in [1.29, 1.82) is 0 Å². The van der Waals surface area contributed by atoms with Crippen LogP contribution < -0.4 is 5.32 Å². The van der Waals surface area contributed by atoms with Crippen LogP contribution >= 0.6 is 0 Å². The number of nitrogens with one attached hydrogen (secondary N) is 1. The summed E-state index contributed by atoms with van der Waals surface area (Å²) in [4.78, 5) is 29.3. The van der Waals surface area contributed by atoms with Gasteiger partial charge in [-0.3, -0.25) is 19.2 Å². The van der Waals surface area contributed by atoms with E-state index in [2.05, 4.69) is 15.3 Å². The van der Waals surface area contributed by atoms with Gasteiger partial charge < -0.3 is 15.0 Å². The molecule has 1 aromatic heterocycles. The van der Waals surface area contributed by atoms with Crippen molar-refractivity contribution in [1.82, 2.24) is 24.9 Å². The second kappa shape index (κ2) is 10.0. The second-order valence-corrected chi connectivity index (χ2v) is 7.95. The molecule has 1 aromatic rings. The Hall–Kier alpha value is -1.93. The average molecular weight is 392 g/mol. The van der Waals surface area contributed by atoms with Crippen LogP contribution in [0.2, 0.25) is 0 Å². The Kier molecular flexibility index (Phi) is 7.44. The number of rotatable bonds is 7. The SMILES string of the molecule is COCCNC(=O)[C@@H]1CCCN(C2CCN(C(=O)Cn3cc(C)cn3)CC2)C1. The van der Waals surface area contributed by atoms with Gasteiger partial charge in [-0.1, -0.05) is 0 Å². The Labute approximate surface area is 167 Å². The Bertz CT molecular complexity index is 654. The van der Waals surface area contributed by atoms with Gasteiger partial charge in [0.1, 0.15) is 6.54 Å². The Morgan fingerprint density at radius 2 is 2.04 bits per heavy atom. The number of aryl methyl sites for hydroxylation is 1. The van der Waals surface area contributed by atoms with E-state index >= 15 is 0 Å². The van der Waals surface area contributed by atoms with Crippen molar-refractivity contribution >= 4 is 11.8 Å². The van der Waals surface area contributed by atoms with Crippen LogP contribution in [0.25, 0.3) is 0 Å². The van der Waals surface area contributed by atoms with Gasteiger partial charge in [0.05, 0.1) is 18.7 Å². The van der Waals surface area contributed by atoms with Gasteiger partial charge in [0.2, 0.25) is 11.8 Å². The molecular weight excluding hydrogens is 358 g/mol. The zero-order valence-electron chi connectivity index (χ0n) is 17.1.